The van der Waals surface area contributed by atoms with Crippen LogP contribution in [0, 0.1) is 0 Å². The number of nitrogens with zero attached hydrogens (tertiary/aromatic N) is 3. The summed E-state index contributed by atoms with van der Waals surface area (Å²) in [6.45, 7) is 0. The number of anilines is 1. The van der Waals surface area contributed by atoms with E-state index < -0.39 is 5.97 Å². The number of nitrogens with two attached hydrogens (primary N) is 1. The van der Waals surface area contributed by atoms with E-state index in [0.717, 1.165) is 4.47 Å². The fourth-order valence-electron chi connectivity index (χ4n) is 1.19. The maximum Gasteiger partial charge on any atom is 0.341 e. The van der Waals surface area contributed by atoms with Crippen LogP contribution in [0.15, 0.2) is 29.0 Å². The summed E-state index contributed by atoms with van der Waals surface area (Å²) in [4.78, 5) is 22.6. The lowest BCUT2D eigenvalue weighted by molar-refractivity contribution is 0.0697. The van der Waals surface area contributed by atoms with Crippen LogP contribution in [0.4, 0.5) is 5.82 Å². The second-order valence-corrected chi connectivity index (χ2v) is 4.08. The fraction of sp³-hybridized carbons (Fsp3) is 0. The third-order valence-corrected chi connectivity index (χ3v) is 2.47. The van der Waals surface area contributed by atoms with Gasteiger partial charge in [-0.15, -0.1) is 0 Å². The highest BCUT2D eigenvalue weighted by atomic mass is 79.9. The number of carbonyl (C=O) groups is 1. The number of aromatic carboxylic acids is 1. The fourth-order valence-corrected chi connectivity index (χ4v) is 1.43. The van der Waals surface area contributed by atoms with E-state index in [1.165, 1.54) is 6.20 Å². The molecule has 0 aliphatic rings. The molecule has 3 N–H and O–H groups in total. The van der Waals surface area contributed by atoms with Crippen LogP contribution in [0.2, 0.25) is 0 Å². The molecular weight excluding hydrogens is 288 g/mol. The highest BCUT2D eigenvalue weighted by molar-refractivity contribution is 9.10. The Morgan fingerprint density at radius 3 is 2.59 bits per heavy atom. The average molecular weight is 295 g/mol. The first-order chi connectivity index (χ1) is 8.08. The van der Waals surface area contributed by atoms with Crippen LogP contribution in [-0.2, 0) is 0 Å². The van der Waals surface area contributed by atoms with Gasteiger partial charge in [-0.1, -0.05) is 0 Å². The molecule has 2 aromatic rings. The highest BCUT2D eigenvalue weighted by Gasteiger charge is 2.12. The minimum absolute atomic E-state index is 0.0766. The Labute approximate surface area is 105 Å². The van der Waals surface area contributed by atoms with Crippen LogP contribution in [0.5, 0.6) is 0 Å². The van der Waals surface area contributed by atoms with Crippen molar-refractivity contribution >= 4 is 27.7 Å². The van der Waals surface area contributed by atoms with Crippen molar-refractivity contribution in [2.45, 2.75) is 0 Å². The van der Waals surface area contributed by atoms with Gasteiger partial charge in [-0.25, -0.2) is 14.8 Å². The van der Waals surface area contributed by atoms with Gasteiger partial charge in [0.1, 0.15) is 17.1 Å². The van der Waals surface area contributed by atoms with Gasteiger partial charge in [0.25, 0.3) is 0 Å². The molecule has 0 aliphatic carbocycles. The van der Waals surface area contributed by atoms with E-state index in [-0.39, 0.29) is 11.4 Å². The van der Waals surface area contributed by atoms with Crippen LogP contribution >= 0.6 is 15.9 Å². The number of hydrogen-bond acceptors (Lipinski definition) is 5. The quantitative estimate of drug-likeness (QED) is 0.872. The number of hydrogen-bond donors (Lipinski definition) is 2. The van der Waals surface area contributed by atoms with Crippen molar-refractivity contribution in [3.8, 4) is 11.5 Å². The molecule has 0 spiro atoms. The normalized spacial score (nSPS) is 10.2. The van der Waals surface area contributed by atoms with Gasteiger partial charge in [0.05, 0.1) is 0 Å². The number of carboxylic acid groups (broad SMARTS) is 1. The summed E-state index contributed by atoms with van der Waals surface area (Å²) in [5.41, 5.74) is 5.93. The van der Waals surface area contributed by atoms with Crippen molar-refractivity contribution in [3.05, 3.63) is 34.6 Å². The molecule has 0 bridgehead atoms. The zero-order valence-electron chi connectivity index (χ0n) is 8.46. The van der Waals surface area contributed by atoms with E-state index in [2.05, 4.69) is 30.9 Å². The van der Waals surface area contributed by atoms with Crippen LogP contribution in [-0.4, -0.2) is 26.0 Å². The first-order valence-electron chi connectivity index (χ1n) is 4.55. The summed E-state index contributed by atoms with van der Waals surface area (Å²) < 4.78 is 0.830. The molecule has 17 heavy (non-hydrogen) atoms. The second kappa shape index (κ2) is 4.46. The summed E-state index contributed by atoms with van der Waals surface area (Å²) in [6.07, 6.45) is 2.77. The predicted octanol–water partition coefficient (Wildman–Crippen LogP) is 1.58. The first kappa shape index (κ1) is 11.5. The Hall–Kier alpha value is -2.02. The molecule has 6 nitrogen and oxygen atoms in total. The predicted molar refractivity (Wildman–Crippen MR) is 64.3 cm³/mol. The van der Waals surface area contributed by atoms with Gasteiger partial charge in [0.15, 0.2) is 5.82 Å². The Morgan fingerprint density at radius 2 is 2.06 bits per heavy atom. The Balaban J connectivity index is 2.44. The van der Waals surface area contributed by atoms with E-state index in [1.54, 1.807) is 18.3 Å². The lowest BCUT2D eigenvalue weighted by atomic mass is 10.3. The number of halogens is 1. The smallest absolute Gasteiger partial charge is 0.341 e. The lowest BCUT2D eigenvalue weighted by Crippen LogP contribution is -2.07. The molecule has 0 atom stereocenters. The maximum atomic E-state index is 10.7. The summed E-state index contributed by atoms with van der Waals surface area (Å²) in [5.74, 6) is -0.940. The van der Waals surface area contributed by atoms with Crippen molar-refractivity contribution in [3.63, 3.8) is 0 Å². The third-order valence-electron chi connectivity index (χ3n) is 2.01. The minimum Gasteiger partial charge on any atom is -0.477 e. The largest absolute Gasteiger partial charge is 0.477 e. The van der Waals surface area contributed by atoms with Crippen LogP contribution in [0.1, 0.15) is 10.4 Å². The van der Waals surface area contributed by atoms with Gasteiger partial charge < -0.3 is 10.8 Å². The number of aromatic nitrogens is 3. The van der Waals surface area contributed by atoms with E-state index >= 15 is 0 Å². The van der Waals surface area contributed by atoms with Crippen molar-refractivity contribution in [2.75, 3.05) is 5.73 Å². The SMILES string of the molecule is Nc1nc(-c2ccc(Br)cn2)ncc1C(=O)O. The minimum atomic E-state index is -1.15. The summed E-state index contributed by atoms with van der Waals surface area (Å²) >= 11 is 3.26. The van der Waals surface area contributed by atoms with Crippen LogP contribution in [0.25, 0.3) is 11.5 Å². The molecule has 0 fully saturated rings. The average Bonchev–Trinajstić information content (AvgIpc) is 2.29. The molecule has 2 heterocycles. The Kier molecular flexibility index (Phi) is 3.01. The zero-order chi connectivity index (χ0) is 12.4. The number of rotatable bonds is 2. The second-order valence-electron chi connectivity index (χ2n) is 3.16. The maximum absolute atomic E-state index is 10.7. The molecule has 2 rings (SSSR count). The van der Waals surface area contributed by atoms with Crippen LogP contribution < -0.4 is 5.73 Å². The van der Waals surface area contributed by atoms with Gasteiger partial charge in [0, 0.05) is 16.9 Å². The van der Waals surface area contributed by atoms with Crippen LogP contribution in [0.3, 0.4) is 0 Å². The molecule has 0 unspecified atom stereocenters. The summed E-state index contributed by atoms with van der Waals surface area (Å²) in [7, 11) is 0. The van der Waals surface area contributed by atoms with Gasteiger partial charge in [0.2, 0.25) is 0 Å². The van der Waals surface area contributed by atoms with Crippen molar-refractivity contribution in [1.82, 2.24) is 15.0 Å². The van der Waals surface area contributed by atoms with E-state index in [9.17, 15) is 4.79 Å². The molecule has 0 radical (unpaired) electrons. The molecule has 86 valence electrons. The highest BCUT2D eigenvalue weighted by Crippen LogP contribution is 2.17. The molecule has 7 heteroatoms. The molecule has 2 aromatic heterocycles. The summed E-state index contributed by atoms with van der Waals surface area (Å²) in [5, 5.41) is 8.78. The van der Waals surface area contributed by atoms with Crippen molar-refractivity contribution in [2.24, 2.45) is 0 Å². The summed E-state index contributed by atoms with van der Waals surface area (Å²) in [6, 6.07) is 3.49. The Bertz CT molecular complexity index is 571. The monoisotopic (exact) mass is 294 g/mol. The molecule has 0 amide bonds. The molecule has 0 saturated carbocycles. The third kappa shape index (κ3) is 2.39. The number of carboxylic acids is 1. The van der Waals surface area contributed by atoms with Gasteiger partial charge >= 0.3 is 5.97 Å². The molecular formula is C10H7BrN4O2. The standard InChI is InChI=1S/C10H7BrN4O2/c11-5-1-2-7(13-3-5)9-14-4-6(10(16)17)8(12)15-9/h1-4H,(H,16,17)(H2,12,14,15). The molecule has 0 saturated heterocycles. The molecule has 0 aromatic carbocycles. The topological polar surface area (TPSA) is 102 Å². The van der Waals surface area contributed by atoms with E-state index in [0.29, 0.717) is 11.5 Å². The van der Waals surface area contributed by atoms with E-state index in [1.807, 2.05) is 0 Å². The molecule has 0 aliphatic heterocycles. The van der Waals surface area contributed by atoms with E-state index in [4.69, 9.17) is 10.8 Å². The first-order valence-corrected chi connectivity index (χ1v) is 5.35. The van der Waals surface area contributed by atoms with Crippen molar-refractivity contribution < 1.29 is 9.90 Å². The van der Waals surface area contributed by atoms with Gasteiger partial charge in [-0.05, 0) is 28.1 Å². The Morgan fingerprint density at radius 1 is 1.29 bits per heavy atom. The lowest BCUT2D eigenvalue weighted by Gasteiger charge is -2.02. The van der Waals surface area contributed by atoms with Crippen molar-refractivity contribution in [1.29, 1.82) is 0 Å². The zero-order valence-corrected chi connectivity index (χ0v) is 10.0. The van der Waals surface area contributed by atoms with Gasteiger partial charge in [-0.2, -0.15) is 0 Å². The number of nitrogen functional groups attached to an aromatic ring is 1. The van der Waals surface area contributed by atoms with Gasteiger partial charge in [-0.3, -0.25) is 4.98 Å². The number of pyridine rings is 1.